The molecular weight excluding hydrogens is 328 g/mol. The molecule has 0 saturated carbocycles. The van der Waals surface area contributed by atoms with Gasteiger partial charge in [0.1, 0.15) is 11.5 Å². The summed E-state index contributed by atoms with van der Waals surface area (Å²) >= 11 is 0. The van der Waals surface area contributed by atoms with E-state index in [1.807, 2.05) is 0 Å². The molecule has 0 aliphatic rings. The van der Waals surface area contributed by atoms with Crippen molar-refractivity contribution in [2.75, 3.05) is 25.7 Å². The fourth-order valence-electron chi connectivity index (χ4n) is 2.06. The summed E-state index contributed by atoms with van der Waals surface area (Å²) in [6.07, 6.45) is 0. The lowest BCUT2D eigenvalue weighted by Crippen LogP contribution is -2.18. The number of carbonyl (C=O) groups is 2. The minimum atomic E-state index is -1.56. The smallest absolute Gasteiger partial charge is 0.175 e. The van der Waals surface area contributed by atoms with Crippen molar-refractivity contribution in [3.8, 4) is 11.5 Å². The quantitative estimate of drug-likeness (QED) is 0.687. The molecule has 0 aromatic heterocycles. The summed E-state index contributed by atoms with van der Waals surface area (Å²) in [6.45, 7) is 0. The van der Waals surface area contributed by atoms with Gasteiger partial charge in [0.05, 0.1) is 25.7 Å². The van der Waals surface area contributed by atoms with Gasteiger partial charge in [-0.05, 0) is 48.5 Å². The van der Waals surface area contributed by atoms with E-state index < -0.39 is 10.8 Å². The molecule has 2 aromatic carbocycles. The molecular formula is C18H18O5S. The summed E-state index contributed by atoms with van der Waals surface area (Å²) in [5, 5.41) is 0. The van der Waals surface area contributed by atoms with Crippen molar-refractivity contribution in [1.29, 1.82) is 0 Å². The van der Waals surface area contributed by atoms with Gasteiger partial charge in [0, 0.05) is 21.9 Å². The van der Waals surface area contributed by atoms with Crippen molar-refractivity contribution in [1.82, 2.24) is 0 Å². The second-order valence-electron chi connectivity index (χ2n) is 5.03. The first-order chi connectivity index (χ1) is 11.5. The van der Waals surface area contributed by atoms with Crippen LogP contribution >= 0.6 is 0 Å². The Hall–Kier alpha value is -2.47. The zero-order valence-corrected chi connectivity index (χ0v) is 14.3. The Morgan fingerprint density at radius 1 is 0.750 bits per heavy atom. The van der Waals surface area contributed by atoms with Gasteiger partial charge in [-0.1, -0.05) is 0 Å². The maximum atomic E-state index is 12.1. The molecule has 6 heteroatoms. The maximum absolute atomic E-state index is 12.1. The van der Waals surface area contributed by atoms with Crippen LogP contribution in [0.3, 0.4) is 0 Å². The Morgan fingerprint density at radius 2 is 1.08 bits per heavy atom. The van der Waals surface area contributed by atoms with E-state index in [1.54, 1.807) is 48.5 Å². The Kier molecular flexibility index (Phi) is 6.26. The molecule has 0 heterocycles. The van der Waals surface area contributed by atoms with Gasteiger partial charge in [0.2, 0.25) is 0 Å². The van der Waals surface area contributed by atoms with E-state index in [1.165, 1.54) is 14.2 Å². The number of Topliss-reactive ketones (excluding diaryl/α,β-unsaturated/α-hetero) is 2. The number of carbonyl (C=O) groups excluding carboxylic acids is 2. The van der Waals surface area contributed by atoms with Crippen LogP contribution in [0, 0.1) is 0 Å². The van der Waals surface area contributed by atoms with Gasteiger partial charge in [0.15, 0.2) is 11.6 Å². The molecule has 0 unspecified atom stereocenters. The Morgan fingerprint density at radius 3 is 1.38 bits per heavy atom. The van der Waals surface area contributed by atoms with Crippen LogP contribution < -0.4 is 9.47 Å². The lowest BCUT2D eigenvalue weighted by molar-refractivity contribution is 0.102. The van der Waals surface area contributed by atoms with Crippen LogP contribution in [0.15, 0.2) is 48.5 Å². The van der Waals surface area contributed by atoms with Crippen molar-refractivity contribution < 1.29 is 23.3 Å². The number of hydrogen-bond donors (Lipinski definition) is 0. The first-order valence-corrected chi connectivity index (χ1v) is 8.71. The van der Waals surface area contributed by atoms with E-state index in [0.717, 1.165) is 0 Å². The molecule has 0 fully saturated rings. The Bertz CT molecular complexity index is 672. The topological polar surface area (TPSA) is 69.7 Å². The average molecular weight is 346 g/mol. The second-order valence-corrected chi connectivity index (χ2v) is 6.49. The van der Waals surface area contributed by atoms with Crippen LogP contribution in [-0.2, 0) is 10.8 Å². The lowest BCUT2D eigenvalue weighted by atomic mass is 10.1. The highest BCUT2D eigenvalue weighted by Gasteiger charge is 2.15. The van der Waals surface area contributed by atoms with Crippen molar-refractivity contribution in [3.63, 3.8) is 0 Å². The Labute approximate surface area is 143 Å². The van der Waals surface area contributed by atoms with Gasteiger partial charge in [-0.25, -0.2) is 0 Å². The van der Waals surface area contributed by atoms with Crippen LogP contribution in [-0.4, -0.2) is 41.5 Å². The summed E-state index contributed by atoms with van der Waals surface area (Å²) in [5.41, 5.74) is 0.891. The van der Waals surface area contributed by atoms with Crippen molar-refractivity contribution in [2.24, 2.45) is 0 Å². The predicted molar refractivity (Wildman–Crippen MR) is 92.5 cm³/mol. The highest BCUT2D eigenvalue weighted by Crippen LogP contribution is 2.14. The maximum Gasteiger partial charge on any atom is 0.175 e. The minimum Gasteiger partial charge on any atom is -0.497 e. The van der Waals surface area contributed by atoms with E-state index >= 15 is 0 Å². The van der Waals surface area contributed by atoms with Gasteiger partial charge in [-0.2, -0.15) is 0 Å². The monoisotopic (exact) mass is 346 g/mol. The van der Waals surface area contributed by atoms with Gasteiger partial charge in [-0.15, -0.1) is 0 Å². The molecule has 2 aromatic rings. The molecule has 24 heavy (non-hydrogen) atoms. The first kappa shape index (κ1) is 17.9. The number of benzene rings is 2. The van der Waals surface area contributed by atoms with E-state index in [4.69, 9.17) is 9.47 Å². The molecule has 0 saturated heterocycles. The van der Waals surface area contributed by atoms with Crippen LogP contribution in [0.5, 0.6) is 11.5 Å². The fraction of sp³-hybridized carbons (Fsp3) is 0.222. The molecule has 5 nitrogen and oxygen atoms in total. The largest absolute Gasteiger partial charge is 0.497 e. The molecule has 0 bridgehead atoms. The molecule has 0 aliphatic heterocycles. The highest BCUT2D eigenvalue weighted by molar-refractivity contribution is 7.86. The van der Waals surface area contributed by atoms with Gasteiger partial charge in [0.25, 0.3) is 0 Å². The van der Waals surface area contributed by atoms with Crippen molar-refractivity contribution >= 4 is 22.4 Å². The SMILES string of the molecule is COc1ccc(C(=O)CS(=O)CC(=O)c2ccc(OC)cc2)cc1. The van der Waals surface area contributed by atoms with Crippen LogP contribution in [0.4, 0.5) is 0 Å². The Balaban J connectivity index is 1.93. The van der Waals surface area contributed by atoms with E-state index in [0.29, 0.717) is 22.6 Å². The zero-order valence-electron chi connectivity index (χ0n) is 13.5. The molecule has 2 rings (SSSR count). The fourth-order valence-corrected chi connectivity index (χ4v) is 3.08. The van der Waals surface area contributed by atoms with Gasteiger partial charge < -0.3 is 9.47 Å². The summed E-state index contributed by atoms with van der Waals surface area (Å²) in [6, 6.07) is 13.1. The predicted octanol–water partition coefficient (Wildman–Crippen LogP) is 2.52. The summed E-state index contributed by atoms with van der Waals surface area (Å²) in [7, 11) is 1.52. The highest BCUT2D eigenvalue weighted by atomic mass is 32.2. The third-order valence-corrected chi connectivity index (χ3v) is 4.58. The number of methoxy groups -OCH3 is 2. The molecule has 126 valence electrons. The molecule has 0 aliphatic carbocycles. The molecule has 0 N–H and O–H groups in total. The molecule has 0 amide bonds. The average Bonchev–Trinajstić information content (AvgIpc) is 2.61. The number of rotatable bonds is 8. The van der Waals surface area contributed by atoms with E-state index in [9.17, 15) is 13.8 Å². The third kappa shape index (κ3) is 4.76. The van der Waals surface area contributed by atoms with Crippen LogP contribution in [0.1, 0.15) is 20.7 Å². The number of ketones is 2. The van der Waals surface area contributed by atoms with Crippen molar-refractivity contribution in [3.05, 3.63) is 59.7 Å². The normalized spacial score (nSPS) is 10.5. The molecule has 0 spiro atoms. The van der Waals surface area contributed by atoms with Gasteiger partial charge in [-0.3, -0.25) is 13.8 Å². The third-order valence-electron chi connectivity index (χ3n) is 3.41. The summed E-state index contributed by atoms with van der Waals surface area (Å²) in [5.74, 6) is 0.379. The summed E-state index contributed by atoms with van der Waals surface area (Å²) < 4.78 is 22.1. The van der Waals surface area contributed by atoms with Crippen LogP contribution in [0.25, 0.3) is 0 Å². The number of ether oxygens (including phenoxy) is 2. The zero-order chi connectivity index (χ0) is 17.5. The molecule has 0 radical (unpaired) electrons. The second kappa shape index (κ2) is 8.40. The van der Waals surface area contributed by atoms with E-state index in [2.05, 4.69) is 0 Å². The minimum absolute atomic E-state index is 0.186. The summed E-state index contributed by atoms with van der Waals surface area (Å²) in [4.78, 5) is 24.2. The molecule has 0 atom stereocenters. The first-order valence-electron chi connectivity index (χ1n) is 7.23. The van der Waals surface area contributed by atoms with Gasteiger partial charge >= 0.3 is 0 Å². The standard InChI is InChI=1S/C18H18O5S/c1-22-15-7-3-13(4-8-15)17(19)11-24(21)12-18(20)14-5-9-16(23-2)10-6-14/h3-10H,11-12H2,1-2H3. The van der Waals surface area contributed by atoms with Crippen molar-refractivity contribution in [2.45, 2.75) is 0 Å². The van der Waals surface area contributed by atoms with E-state index in [-0.39, 0.29) is 23.1 Å². The van der Waals surface area contributed by atoms with Crippen LogP contribution in [0.2, 0.25) is 0 Å². The number of hydrogen-bond acceptors (Lipinski definition) is 5. The lowest BCUT2D eigenvalue weighted by Gasteiger charge is -2.05.